The monoisotopic (exact) mass is 579 g/mol. The van der Waals surface area contributed by atoms with Crippen LogP contribution >= 0.6 is 11.6 Å². The lowest BCUT2D eigenvalue weighted by molar-refractivity contribution is 0.0995. The van der Waals surface area contributed by atoms with Crippen LogP contribution in [0, 0.1) is 0 Å². The zero-order valence-electron chi connectivity index (χ0n) is 21.7. The predicted octanol–water partition coefficient (Wildman–Crippen LogP) is 4.50. The van der Waals surface area contributed by atoms with Gasteiger partial charge in [0.05, 0.1) is 21.5 Å². The number of aromatic nitrogens is 1. The Bertz CT molecular complexity index is 1530. The maximum atomic E-state index is 13.3. The summed E-state index contributed by atoms with van der Waals surface area (Å²) in [7, 11) is -3.88. The summed E-state index contributed by atoms with van der Waals surface area (Å²) in [5.74, 6) is -0.557. The third-order valence-electron chi connectivity index (χ3n) is 6.29. The van der Waals surface area contributed by atoms with Crippen LogP contribution in [-0.4, -0.2) is 37.5 Å². The van der Waals surface area contributed by atoms with Gasteiger partial charge in [-0.3, -0.25) is 4.79 Å². The molecule has 0 spiro atoms. The number of amides is 1. The number of sulfone groups is 1. The number of aliphatic hydroxyl groups excluding tert-OH is 1. The highest BCUT2D eigenvalue weighted by Gasteiger charge is 2.21. The molecule has 1 heterocycles. The maximum Gasteiger partial charge on any atom is 0.252 e. The minimum Gasteiger partial charge on any atom is -0.488 e. The van der Waals surface area contributed by atoms with E-state index in [0.717, 1.165) is 24.0 Å². The van der Waals surface area contributed by atoms with E-state index >= 15 is 0 Å². The van der Waals surface area contributed by atoms with Gasteiger partial charge in [-0.1, -0.05) is 60.1 Å². The van der Waals surface area contributed by atoms with Crippen LogP contribution in [0.15, 0.2) is 101 Å². The van der Waals surface area contributed by atoms with Gasteiger partial charge in [-0.05, 0) is 66.9 Å². The molecule has 1 amide bonds. The lowest BCUT2D eigenvalue weighted by atomic mass is 10.1. The normalized spacial score (nSPS) is 12.2. The fraction of sp³-hybridized carbons (Fsp3) is 0.200. The number of nitrogens with two attached hydrogens (primary N) is 1. The van der Waals surface area contributed by atoms with Crippen molar-refractivity contribution in [1.29, 1.82) is 0 Å². The van der Waals surface area contributed by atoms with Gasteiger partial charge in [-0.25, -0.2) is 13.4 Å². The predicted molar refractivity (Wildman–Crippen MR) is 153 cm³/mol. The summed E-state index contributed by atoms with van der Waals surface area (Å²) < 4.78 is 32.3. The van der Waals surface area contributed by atoms with E-state index in [4.69, 9.17) is 22.1 Å². The Morgan fingerprint density at radius 1 is 0.975 bits per heavy atom. The zero-order valence-corrected chi connectivity index (χ0v) is 23.2. The number of pyridine rings is 1. The van der Waals surface area contributed by atoms with Gasteiger partial charge in [0.15, 0.2) is 0 Å². The van der Waals surface area contributed by atoms with E-state index in [-0.39, 0.29) is 27.7 Å². The number of ether oxygens (including phenoxy) is 1. The second-order valence-electron chi connectivity index (χ2n) is 9.18. The summed E-state index contributed by atoms with van der Waals surface area (Å²) in [6.45, 7) is 1.27. The molecular formula is C30H30ClN3O5S. The largest absolute Gasteiger partial charge is 0.488 e. The van der Waals surface area contributed by atoms with Crippen molar-refractivity contribution in [3.63, 3.8) is 0 Å². The molecule has 8 nitrogen and oxygen atoms in total. The van der Waals surface area contributed by atoms with Crippen LogP contribution in [0.3, 0.4) is 0 Å². The molecule has 0 saturated heterocycles. The summed E-state index contributed by atoms with van der Waals surface area (Å²) in [4.78, 5) is 16.1. The van der Waals surface area contributed by atoms with Gasteiger partial charge in [0.1, 0.15) is 17.5 Å². The number of rotatable bonds is 13. The smallest absolute Gasteiger partial charge is 0.252 e. The summed E-state index contributed by atoms with van der Waals surface area (Å²) >= 11 is 5.77. The second kappa shape index (κ2) is 13.5. The van der Waals surface area contributed by atoms with Crippen LogP contribution < -0.4 is 15.8 Å². The molecule has 208 valence electrons. The Morgan fingerprint density at radius 3 is 2.38 bits per heavy atom. The zero-order chi connectivity index (χ0) is 28.5. The Balaban J connectivity index is 1.33. The average molecular weight is 580 g/mol. The van der Waals surface area contributed by atoms with Gasteiger partial charge in [-0.15, -0.1) is 0 Å². The number of primary amides is 1. The number of aliphatic hydroxyl groups is 1. The van der Waals surface area contributed by atoms with E-state index < -0.39 is 21.8 Å². The number of nitrogens with one attached hydrogen (secondary N) is 1. The molecule has 4 aromatic rings. The minimum atomic E-state index is -3.88. The Hall–Kier alpha value is -3.76. The quantitative estimate of drug-likeness (QED) is 0.157. The molecule has 1 atom stereocenters. The third-order valence-corrected chi connectivity index (χ3v) is 8.28. The summed E-state index contributed by atoms with van der Waals surface area (Å²) in [6.07, 6.45) is 2.39. The highest BCUT2D eigenvalue weighted by Crippen LogP contribution is 2.28. The Labute approximate surface area is 238 Å². The standard InChI is InChI=1S/C30H30ClN3O5S/c31-29-15-10-23(18-34-29)27(35)19-33-16-4-7-21-8-11-24(12-9-21)40(37,38)25-13-14-28(26(17-25)30(32)36)39-20-22-5-2-1-3-6-22/h1-3,5-6,8-15,17-18,27,33,35H,4,7,16,19-20H2,(H2,32,36)/t27-/m0/s1. The van der Waals surface area contributed by atoms with E-state index in [1.54, 1.807) is 42.6 Å². The van der Waals surface area contributed by atoms with E-state index in [2.05, 4.69) is 10.3 Å². The molecular weight excluding hydrogens is 550 g/mol. The number of halogens is 1. The van der Waals surface area contributed by atoms with Crippen LogP contribution in [-0.2, 0) is 22.9 Å². The molecule has 4 N–H and O–H groups in total. The lowest BCUT2D eigenvalue weighted by Gasteiger charge is -2.13. The molecule has 0 aliphatic carbocycles. The summed E-state index contributed by atoms with van der Waals surface area (Å²) in [5, 5.41) is 13.8. The maximum absolute atomic E-state index is 13.3. The molecule has 0 radical (unpaired) electrons. The molecule has 0 unspecified atom stereocenters. The first-order chi connectivity index (χ1) is 19.2. The molecule has 1 aromatic heterocycles. The van der Waals surface area contributed by atoms with Gasteiger partial charge in [0.25, 0.3) is 5.91 Å². The molecule has 0 bridgehead atoms. The average Bonchev–Trinajstić information content (AvgIpc) is 2.96. The van der Waals surface area contributed by atoms with Crippen molar-refractivity contribution in [3.05, 3.63) is 119 Å². The molecule has 0 saturated carbocycles. The number of hydrogen-bond donors (Lipinski definition) is 3. The molecule has 0 fully saturated rings. The first-order valence-electron chi connectivity index (χ1n) is 12.7. The van der Waals surface area contributed by atoms with Gasteiger partial charge < -0.3 is 20.9 Å². The van der Waals surface area contributed by atoms with Crippen LogP contribution in [0.25, 0.3) is 0 Å². The number of hydrogen-bond acceptors (Lipinski definition) is 7. The topological polar surface area (TPSA) is 132 Å². The van der Waals surface area contributed by atoms with Crippen molar-refractivity contribution in [2.75, 3.05) is 13.1 Å². The number of carbonyl (C=O) groups is 1. The van der Waals surface area contributed by atoms with E-state index in [0.29, 0.717) is 23.8 Å². The van der Waals surface area contributed by atoms with Crippen molar-refractivity contribution in [1.82, 2.24) is 10.3 Å². The van der Waals surface area contributed by atoms with Gasteiger partial charge in [0.2, 0.25) is 9.84 Å². The van der Waals surface area contributed by atoms with Crippen molar-refractivity contribution in [2.24, 2.45) is 5.73 Å². The Kier molecular flexibility index (Phi) is 9.89. The molecule has 0 aliphatic heterocycles. The summed E-state index contributed by atoms with van der Waals surface area (Å²) in [5.41, 5.74) is 8.10. The van der Waals surface area contributed by atoms with E-state index in [1.165, 1.54) is 18.2 Å². The van der Waals surface area contributed by atoms with Crippen molar-refractivity contribution in [3.8, 4) is 5.75 Å². The molecule has 40 heavy (non-hydrogen) atoms. The lowest BCUT2D eigenvalue weighted by Crippen LogP contribution is -2.23. The van der Waals surface area contributed by atoms with Gasteiger partial charge in [0, 0.05) is 18.3 Å². The fourth-order valence-corrected chi connectivity index (χ4v) is 5.46. The van der Waals surface area contributed by atoms with Crippen LogP contribution in [0.4, 0.5) is 0 Å². The van der Waals surface area contributed by atoms with Gasteiger partial charge >= 0.3 is 0 Å². The van der Waals surface area contributed by atoms with Crippen LogP contribution in [0.1, 0.15) is 39.6 Å². The highest BCUT2D eigenvalue weighted by atomic mass is 35.5. The molecule has 4 rings (SSSR count). The van der Waals surface area contributed by atoms with Crippen molar-refractivity contribution < 1.29 is 23.1 Å². The molecule has 0 aliphatic rings. The number of benzene rings is 3. The number of aryl methyl sites for hydroxylation is 1. The number of carbonyl (C=O) groups excluding carboxylic acids is 1. The second-order valence-corrected chi connectivity index (χ2v) is 11.5. The van der Waals surface area contributed by atoms with Crippen molar-refractivity contribution >= 4 is 27.3 Å². The van der Waals surface area contributed by atoms with E-state index in [9.17, 15) is 18.3 Å². The third kappa shape index (κ3) is 7.67. The minimum absolute atomic E-state index is 0.00132. The highest BCUT2D eigenvalue weighted by molar-refractivity contribution is 7.91. The first kappa shape index (κ1) is 29.2. The van der Waals surface area contributed by atoms with Crippen molar-refractivity contribution in [2.45, 2.75) is 35.3 Å². The summed E-state index contributed by atoms with van der Waals surface area (Å²) in [6, 6.07) is 23.6. The van der Waals surface area contributed by atoms with E-state index in [1.807, 2.05) is 30.3 Å². The Morgan fingerprint density at radius 2 is 1.70 bits per heavy atom. The van der Waals surface area contributed by atoms with Crippen LogP contribution in [0.5, 0.6) is 5.75 Å². The molecule has 3 aromatic carbocycles. The number of nitrogens with zero attached hydrogens (tertiary/aromatic N) is 1. The molecule has 10 heteroatoms. The SMILES string of the molecule is NC(=O)c1cc(S(=O)(=O)c2ccc(CCCNC[C@H](O)c3ccc(Cl)nc3)cc2)ccc1OCc1ccccc1. The first-order valence-corrected chi connectivity index (χ1v) is 14.5. The fourth-order valence-electron chi connectivity index (χ4n) is 4.06. The van der Waals surface area contributed by atoms with Gasteiger partial charge in [-0.2, -0.15) is 0 Å². The van der Waals surface area contributed by atoms with Crippen LogP contribution in [0.2, 0.25) is 5.15 Å².